The molecule has 0 aliphatic rings. The summed E-state index contributed by atoms with van der Waals surface area (Å²) in [6.45, 7) is 2.47. The minimum atomic E-state index is -5.45. The SMILES string of the molecule is CCCCCCCC/C=C\CCCCCCCC(=O)OC[C@H](COC(C(O)CO)P(=O)([O-])[O-])OC(=O)CCCCCCC/C=C\CCCCCCCC.[Na+].[Na+]. The molecule has 0 saturated carbocycles. The van der Waals surface area contributed by atoms with Crippen LogP contribution < -0.4 is 68.9 Å². The number of unbranched alkanes of at least 4 members (excludes halogenated alkanes) is 22. The molecule has 0 aromatic rings. The van der Waals surface area contributed by atoms with Crippen molar-refractivity contribution in [2.45, 2.75) is 212 Å². The molecule has 0 aliphatic carbocycles. The van der Waals surface area contributed by atoms with Crippen LogP contribution in [0.15, 0.2) is 24.3 Å². The number of carbonyl (C=O) groups excluding carboxylic acids is 2. The molecule has 3 atom stereocenters. The number of hydrogen-bond donors (Lipinski definition) is 2. The van der Waals surface area contributed by atoms with Gasteiger partial charge in [-0.2, -0.15) is 0 Å². The molecule has 0 rings (SSSR count). The number of aliphatic hydroxyl groups excluding tert-OH is 2. The van der Waals surface area contributed by atoms with Gasteiger partial charge in [-0.15, -0.1) is 0 Å². The van der Waals surface area contributed by atoms with Crippen LogP contribution in [0.5, 0.6) is 0 Å². The number of carbonyl (C=O) groups is 2. The average molecular weight is 819 g/mol. The molecule has 55 heavy (non-hydrogen) atoms. The molecule has 0 aromatic heterocycles. The molecule has 0 saturated heterocycles. The topological polar surface area (TPSA) is 165 Å². The summed E-state index contributed by atoms with van der Waals surface area (Å²) in [5.74, 6) is -3.27. The van der Waals surface area contributed by atoms with Gasteiger partial charge in [0, 0.05) is 12.8 Å². The molecule has 2 unspecified atom stereocenters. The Morgan fingerprint density at radius 1 is 0.582 bits per heavy atom. The van der Waals surface area contributed by atoms with Gasteiger partial charge in [-0.3, -0.25) is 9.59 Å². The Bertz CT molecular complexity index is 963. The zero-order chi connectivity index (χ0) is 39.3. The molecule has 0 spiro atoms. The van der Waals surface area contributed by atoms with Crippen molar-refractivity contribution in [3.05, 3.63) is 24.3 Å². The molecule has 0 aliphatic heterocycles. The molecular formula is C42H77Na2O10P. The van der Waals surface area contributed by atoms with Crippen molar-refractivity contribution < 1.29 is 107 Å². The second-order valence-electron chi connectivity index (χ2n) is 14.5. The van der Waals surface area contributed by atoms with Crippen LogP contribution in [0, 0.1) is 0 Å². The van der Waals surface area contributed by atoms with E-state index in [1.807, 2.05) is 0 Å². The summed E-state index contributed by atoms with van der Waals surface area (Å²) >= 11 is 0. The second kappa shape index (κ2) is 44.0. The van der Waals surface area contributed by atoms with Gasteiger partial charge in [-0.1, -0.05) is 141 Å². The number of ether oxygens (including phenoxy) is 3. The summed E-state index contributed by atoms with van der Waals surface area (Å²) in [5, 5.41) is 18.9. The third-order valence-electron chi connectivity index (χ3n) is 9.29. The van der Waals surface area contributed by atoms with E-state index >= 15 is 0 Å². The Labute approximate surface area is 379 Å². The largest absolute Gasteiger partial charge is 1.00 e. The van der Waals surface area contributed by atoms with Gasteiger partial charge < -0.3 is 38.8 Å². The first-order valence-electron chi connectivity index (χ1n) is 21.2. The monoisotopic (exact) mass is 819 g/mol. The van der Waals surface area contributed by atoms with Crippen LogP contribution in [-0.4, -0.2) is 60.0 Å². The van der Waals surface area contributed by atoms with E-state index in [1.54, 1.807) is 0 Å². The van der Waals surface area contributed by atoms with E-state index in [1.165, 1.54) is 77.0 Å². The van der Waals surface area contributed by atoms with Gasteiger partial charge in [0.1, 0.15) is 18.6 Å². The zero-order valence-corrected chi connectivity index (χ0v) is 40.5. The number of esters is 2. The molecule has 0 bridgehead atoms. The van der Waals surface area contributed by atoms with Crippen LogP contribution in [0.4, 0.5) is 0 Å². The van der Waals surface area contributed by atoms with Gasteiger partial charge in [0.15, 0.2) is 6.10 Å². The summed E-state index contributed by atoms with van der Waals surface area (Å²) < 4.78 is 27.4. The molecule has 312 valence electrons. The summed E-state index contributed by atoms with van der Waals surface area (Å²) in [5.41, 5.74) is 0. The fourth-order valence-corrected chi connectivity index (χ4v) is 6.79. The van der Waals surface area contributed by atoms with E-state index in [0.717, 1.165) is 77.0 Å². The van der Waals surface area contributed by atoms with Gasteiger partial charge in [0.25, 0.3) is 0 Å². The first-order chi connectivity index (χ1) is 25.6. The summed E-state index contributed by atoms with van der Waals surface area (Å²) in [6.07, 6.45) is 35.8. The van der Waals surface area contributed by atoms with Crippen LogP contribution in [0.25, 0.3) is 0 Å². The van der Waals surface area contributed by atoms with E-state index in [2.05, 4.69) is 38.2 Å². The average Bonchev–Trinajstić information content (AvgIpc) is 3.13. The van der Waals surface area contributed by atoms with Crippen molar-refractivity contribution in [1.29, 1.82) is 0 Å². The minimum absolute atomic E-state index is 0. The molecule has 2 N–H and O–H groups in total. The van der Waals surface area contributed by atoms with Crippen molar-refractivity contribution in [1.82, 2.24) is 0 Å². The predicted molar refractivity (Wildman–Crippen MR) is 210 cm³/mol. The molecule has 0 heterocycles. The number of hydrogen-bond acceptors (Lipinski definition) is 10. The second-order valence-corrected chi connectivity index (χ2v) is 16.1. The van der Waals surface area contributed by atoms with Gasteiger partial charge in [-0.05, 0) is 71.8 Å². The molecule has 0 amide bonds. The van der Waals surface area contributed by atoms with Gasteiger partial charge in [-0.25, -0.2) is 0 Å². The minimum Gasteiger partial charge on any atom is -0.809 e. The van der Waals surface area contributed by atoms with Crippen molar-refractivity contribution in [2.75, 3.05) is 19.8 Å². The van der Waals surface area contributed by atoms with E-state index in [9.17, 15) is 29.0 Å². The standard InChI is InChI=1S/C42H79O10P.2Na/c1-3-5-7-9-11-13-15-17-19-21-23-25-27-29-31-33-40(45)50-36-38(37-51-42(39(44)35-43)53(47,48)49)52-41(46)34-32-30-28-26-24-22-20-18-16-14-12-10-8-6-4-2;;/h17-20,38-39,42-44H,3-16,21-37H2,1-2H3,(H2,47,48,49);;/q;2*+1/p-2/b19-17-,20-18-;;/t38-,39?,42?;;/m1../s1. The predicted octanol–water partition coefficient (Wildman–Crippen LogP) is 3.13. The summed E-state index contributed by atoms with van der Waals surface area (Å²) in [4.78, 5) is 48.2. The number of allylic oxidation sites excluding steroid dienone is 4. The molecule has 13 heteroatoms. The first kappa shape index (κ1) is 59.8. The Kier molecular flexibility index (Phi) is 47.8. The fraction of sp³-hybridized carbons (Fsp3) is 0.857. The Hall–Kier alpha value is 0.450. The van der Waals surface area contributed by atoms with Crippen LogP contribution in [0.3, 0.4) is 0 Å². The van der Waals surface area contributed by atoms with Crippen LogP contribution >= 0.6 is 7.60 Å². The van der Waals surface area contributed by atoms with E-state index in [4.69, 9.17) is 19.3 Å². The Balaban J connectivity index is -0.0000135. The quantitative estimate of drug-likeness (QED) is 0.0310. The Morgan fingerprint density at radius 3 is 1.33 bits per heavy atom. The molecule has 0 fully saturated rings. The third kappa shape index (κ3) is 41.0. The third-order valence-corrected chi connectivity index (χ3v) is 10.4. The molecular weight excluding hydrogens is 741 g/mol. The number of rotatable bonds is 39. The normalized spacial score (nSPS) is 13.3. The summed E-state index contributed by atoms with van der Waals surface area (Å²) in [7, 11) is -5.45. The zero-order valence-electron chi connectivity index (χ0n) is 35.6. The van der Waals surface area contributed by atoms with Crippen molar-refractivity contribution in [3.8, 4) is 0 Å². The van der Waals surface area contributed by atoms with E-state index in [0.29, 0.717) is 12.8 Å². The molecule has 0 aromatic carbocycles. The molecule has 10 nitrogen and oxygen atoms in total. The fourth-order valence-electron chi connectivity index (χ4n) is 6.01. The Morgan fingerprint density at radius 2 is 0.945 bits per heavy atom. The van der Waals surface area contributed by atoms with Crippen molar-refractivity contribution >= 4 is 19.5 Å². The van der Waals surface area contributed by atoms with Gasteiger partial charge in [0.2, 0.25) is 0 Å². The van der Waals surface area contributed by atoms with Gasteiger partial charge in [0.05, 0.1) is 13.2 Å². The number of aliphatic hydroxyl groups is 2. The van der Waals surface area contributed by atoms with Gasteiger partial charge >= 0.3 is 71.1 Å². The van der Waals surface area contributed by atoms with Crippen LogP contribution in [0.1, 0.15) is 194 Å². The maximum absolute atomic E-state index is 12.6. The van der Waals surface area contributed by atoms with Crippen molar-refractivity contribution in [3.63, 3.8) is 0 Å². The van der Waals surface area contributed by atoms with Crippen molar-refractivity contribution in [2.24, 2.45) is 0 Å². The van der Waals surface area contributed by atoms with E-state index < -0.39 is 50.8 Å². The molecule has 0 radical (unpaired) electrons. The maximum atomic E-state index is 12.6. The van der Waals surface area contributed by atoms with Crippen LogP contribution in [0.2, 0.25) is 0 Å². The smallest absolute Gasteiger partial charge is 0.809 e. The van der Waals surface area contributed by atoms with Crippen LogP contribution in [-0.2, 0) is 28.4 Å². The maximum Gasteiger partial charge on any atom is 1.00 e. The van der Waals surface area contributed by atoms with E-state index in [-0.39, 0.29) is 78.6 Å². The first-order valence-corrected chi connectivity index (χ1v) is 22.8. The summed E-state index contributed by atoms with van der Waals surface area (Å²) in [6, 6.07) is 0.